The van der Waals surface area contributed by atoms with Crippen LogP contribution in [0.4, 0.5) is 5.69 Å². The molecular weight excluding hydrogens is 406 g/mol. The van der Waals surface area contributed by atoms with Gasteiger partial charge in [0.15, 0.2) is 11.6 Å². The van der Waals surface area contributed by atoms with Gasteiger partial charge < -0.3 is 5.32 Å². The molecular formula is C18H16BrNO2S2. The van der Waals surface area contributed by atoms with Crippen molar-refractivity contribution in [3.63, 3.8) is 0 Å². The quantitative estimate of drug-likeness (QED) is 0.392. The van der Waals surface area contributed by atoms with Crippen molar-refractivity contribution >= 4 is 58.8 Å². The SMILES string of the molecule is Cc1ccc(C(=O)CC(=O)c2cc(C)ccc2NC(=S)SBr)cc1. The second-order valence-electron chi connectivity index (χ2n) is 5.43. The minimum atomic E-state index is -0.228. The van der Waals surface area contributed by atoms with Crippen LogP contribution in [-0.2, 0) is 0 Å². The monoisotopic (exact) mass is 421 g/mol. The number of nitrogens with one attached hydrogen (secondary N) is 1. The van der Waals surface area contributed by atoms with Crippen LogP contribution in [0.5, 0.6) is 0 Å². The Bertz CT molecular complexity index is 788. The molecule has 0 bridgehead atoms. The third-order valence-corrected chi connectivity index (χ3v) is 5.69. The molecule has 0 aromatic heterocycles. The van der Waals surface area contributed by atoms with E-state index in [-0.39, 0.29) is 18.0 Å². The number of aryl methyl sites for hydroxylation is 2. The van der Waals surface area contributed by atoms with Crippen LogP contribution in [0.3, 0.4) is 0 Å². The minimum Gasteiger partial charge on any atom is -0.340 e. The Morgan fingerprint density at radius 3 is 2.29 bits per heavy atom. The predicted molar refractivity (Wildman–Crippen MR) is 108 cm³/mol. The van der Waals surface area contributed by atoms with Crippen LogP contribution in [0, 0.1) is 13.8 Å². The second-order valence-corrected chi connectivity index (χ2v) is 7.63. The highest BCUT2D eigenvalue weighted by Crippen LogP contribution is 2.23. The number of benzene rings is 2. The zero-order valence-corrected chi connectivity index (χ0v) is 16.5. The fraction of sp³-hybridized carbons (Fsp3) is 0.167. The molecule has 3 nitrogen and oxygen atoms in total. The molecule has 0 spiro atoms. The van der Waals surface area contributed by atoms with Gasteiger partial charge in [-0.2, -0.15) is 0 Å². The van der Waals surface area contributed by atoms with E-state index in [0.717, 1.165) is 11.1 Å². The second kappa shape index (κ2) is 8.55. The topological polar surface area (TPSA) is 46.2 Å². The van der Waals surface area contributed by atoms with E-state index in [4.69, 9.17) is 12.2 Å². The third-order valence-electron chi connectivity index (χ3n) is 3.48. The molecule has 2 aromatic carbocycles. The van der Waals surface area contributed by atoms with Crippen molar-refractivity contribution in [3.05, 3.63) is 64.7 Å². The lowest BCUT2D eigenvalue weighted by Crippen LogP contribution is -2.13. The predicted octanol–water partition coefficient (Wildman–Crippen LogP) is 5.50. The first-order valence-corrected chi connectivity index (χ1v) is 10.3. The van der Waals surface area contributed by atoms with Crippen LogP contribution < -0.4 is 5.32 Å². The van der Waals surface area contributed by atoms with Crippen molar-refractivity contribution in [2.75, 3.05) is 5.32 Å². The highest BCUT2D eigenvalue weighted by molar-refractivity contribution is 9.52. The van der Waals surface area contributed by atoms with Gasteiger partial charge in [0.25, 0.3) is 0 Å². The van der Waals surface area contributed by atoms with Crippen molar-refractivity contribution in [2.24, 2.45) is 0 Å². The Labute approximate surface area is 158 Å². The van der Waals surface area contributed by atoms with Crippen LogP contribution in [0.15, 0.2) is 42.5 Å². The molecule has 0 aliphatic heterocycles. The number of carbonyl (C=O) groups is 2. The number of Topliss-reactive ketones (excluding diaryl/α,β-unsaturated/α-hetero) is 2. The summed E-state index contributed by atoms with van der Waals surface area (Å²) in [5, 5.41) is 3.00. The van der Waals surface area contributed by atoms with Crippen molar-refractivity contribution in [1.82, 2.24) is 0 Å². The molecule has 0 saturated carbocycles. The van der Waals surface area contributed by atoms with Gasteiger partial charge in [-0.25, -0.2) is 0 Å². The van der Waals surface area contributed by atoms with Gasteiger partial charge in [0.2, 0.25) is 0 Å². The van der Waals surface area contributed by atoms with E-state index < -0.39 is 0 Å². The first-order chi connectivity index (χ1) is 11.4. The van der Waals surface area contributed by atoms with Crippen LogP contribution in [0.1, 0.15) is 38.3 Å². The number of thiocarbonyl (C=S) groups is 1. The fourth-order valence-corrected chi connectivity index (χ4v) is 2.71. The van der Waals surface area contributed by atoms with Gasteiger partial charge in [-0.3, -0.25) is 9.59 Å². The molecule has 0 heterocycles. The fourth-order valence-electron chi connectivity index (χ4n) is 2.21. The van der Waals surface area contributed by atoms with E-state index in [1.807, 2.05) is 32.0 Å². The number of ketones is 2. The molecule has 0 fully saturated rings. The van der Waals surface area contributed by atoms with Crippen molar-refractivity contribution in [2.45, 2.75) is 20.3 Å². The van der Waals surface area contributed by atoms with Crippen LogP contribution in [-0.4, -0.2) is 15.9 Å². The average molecular weight is 422 g/mol. The van der Waals surface area contributed by atoms with E-state index in [1.165, 1.54) is 10.2 Å². The van der Waals surface area contributed by atoms with Gasteiger partial charge >= 0.3 is 0 Å². The number of rotatable bonds is 5. The number of hydrogen-bond acceptors (Lipinski definition) is 4. The van der Waals surface area contributed by atoms with Gasteiger partial charge in [-0.15, -0.1) is 0 Å². The zero-order chi connectivity index (χ0) is 17.7. The first kappa shape index (κ1) is 18.8. The molecule has 6 heteroatoms. The molecule has 124 valence electrons. The summed E-state index contributed by atoms with van der Waals surface area (Å²) in [6.45, 7) is 3.86. The van der Waals surface area contributed by atoms with E-state index in [0.29, 0.717) is 21.1 Å². The van der Waals surface area contributed by atoms with Gasteiger partial charge in [-0.1, -0.05) is 53.7 Å². The average Bonchev–Trinajstić information content (AvgIpc) is 2.56. The zero-order valence-electron chi connectivity index (χ0n) is 13.3. The van der Waals surface area contributed by atoms with Gasteiger partial charge in [0, 0.05) is 11.1 Å². The highest BCUT2D eigenvalue weighted by atomic mass is 79.9. The third kappa shape index (κ3) is 5.00. The molecule has 0 aliphatic carbocycles. The van der Waals surface area contributed by atoms with E-state index in [1.54, 1.807) is 24.3 Å². The first-order valence-electron chi connectivity index (χ1n) is 7.24. The number of carbonyl (C=O) groups excluding carboxylic acids is 2. The maximum absolute atomic E-state index is 12.6. The molecule has 0 atom stereocenters. The molecule has 0 aliphatic rings. The molecule has 0 saturated heterocycles. The van der Waals surface area contributed by atoms with Gasteiger partial charge in [0.05, 0.1) is 12.1 Å². The van der Waals surface area contributed by atoms with Gasteiger partial charge in [-0.05, 0) is 51.0 Å². The summed E-state index contributed by atoms with van der Waals surface area (Å²) in [6, 6.07) is 12.7. The van der Waals surface area contributed by atoms with Crippen LogP contribution >= 0.6 is 37.2 Å². The Kier molecular flexibility index (Phi) is 6.71. The van der Waals surface area contributed by atoms with Crippen LogP contribution in [0.25, 0.3) is 0 Å². The van der Waals surface area contributed by atoms with Crippen LogP contribution in [0.2, 0.25) is 0 Å². The lowest BCUT2D eigenvalue weighted by Gasteiger charge is -2.11. The van der Waals surface area contributed by atoms with Crippen molar-refractivity contribution < 1.29 is 9.59 Å². The van der Waals surface area contributed by atoms with E-state index >= 15 is 0 Å². The summed E-state index contributed by atoms with van der Waals surface area (Å²) >= 11 is 8.32. The maximum atomic E-state index is 12.6. The smallest absolute Gasteiger partial charge is 0.172 e. The summed E-state index contributed by atoms with van der Waals surface area (Å²) in [4.78, 5) is 25.0. The Hall–Kier alpha value is -1.50. The van der Waals surface area contributed by atoms with Crippen molar-refractivity contribution in [1.29, 1.82) is 0 Å². The maximum Gasteiger partial charge on any atom is 0.172 e. The molecule has 1 N–H and O–H groups in total. The molecule has 24 heavy (non-hydrogen) atoms. The van der Waals surface area contributed by atoms with E-state index in [2.05, 4.69) is 20.1 Å². The summed E-state index contributed by atoms with van der Waals surface area (Å²) in [7, 11) is 1.21. The summed E-state index contributed by atoms with van der Waals surface area (Å²) in [6.07, 6.45) is -0.171. The summed E-state index contributed by atoms with van der Waals surface area (Å²) < 4.78 is 0.498. The Morgan fingerprint density at radius 1 is 1.04 bits per heavy atom. The molecule has 0 radical (unpaired) electrons. The molecule has 2 rings (SSSR count). The van der Waals surface area contributed by atoms with Gasteiger partial charge in [0.1, 0.15) is 4.32 Å². The number of anilines is 1. The number of hydrogen-bond donors (Lipinski definition) is 1. The Morgan fingerprint density at radius 2 is 1.67 bits per heavy atom. The number of halogens is 1. The van der Waals surface area contributed by atoms with E-state index in [9.17, 15) is 9.59 Å². The minimum absolute atomic E-state index is 0.171. The molecule has 0 unspecified atom stereocenters. The molecule has 2 aromatic rings. The largest absolute Gasteiger partial charge is 0.340 e. The summed E-state index contributed by atoms with van der Waals surface area (Å²) in [5.41, 5.74) is 3.65. The summed E-state index contributed by atoms with van der Waals surface area (Å²) in [5.74, 6) is -0.418. The highest BCUT2D eigenvalue weighted by Gasteiger charge is 2.17. The lowest BCUT2D eigenvalue weighted by atomic mass is 9.98. The lowest BCUT2D eigenvalue weighted by molar-refractivity contribution is 0.0895. The normalized spacial score (nSPS) is 10.3. The molecule has 0 amide bonds. The standard InChI is InChI=1S/C18H16BrNO2S2/c1-11-3-6-13(7-4-11)16(21)10-17(22)14-9-12(2)5-8-15(14)20-18(23)24-19/h3-9H,10H2,1-2H3,(H,20,23). The van der Waals surface area contributed by atoms with Crippen molar-refractivity contribution in [3.8, 4) is 0 Å². The Balaban J connectivity index is 2.22.